The molecule has 1 atom stereocenters. The van der Waals surface area contributed by atoms with E-state index in [1.54, 1.807) is 12.1 Å². The number of nitrogens with one attached hydrogen (secondary N) is 2. The van der Waals surface area contributed by atoms with Crippen LogP contribution in [0.15, 0.2) is 28.7 Å². The highest BCUT2D eigenvalue weighted by atomic mass is 79.9. The second kappa shape index (κ2) is 7.28. The second-order valence-electron chi connectivity index (χ2n) is 4.75. The summed E-state index contributed by atoms with van der Waals surface area (Å²) >= 11 is 3.32. The highest BCUT2D eigenvalue weighted by molar-refractivity contribution is 9.10. The molecule has 19 heavy (non-hydrogen) atoms. The summed E-state index contributed by atoms with van der Waals surface area (Å²) in [7, 11) is 0. The van der Waals surface area contributed by atoms with Crippen LogP contribution in [0.4, 0.5) is 10.5 Å². The molecule has 0 aliphatic rings. The van der Waals surface area contributed by atoms with Crippen molar-refractivity contribution in [1.82, 2.24) is 5.32 Å². The van der Waals surface area contributed by atoms with E-state index in [0.29, 0.717) is 18.0 Å². The second-order valence-corrected chi connectivity index (χ2v) is 5.67. The number of carbonyl (C=O) groups excluding carboxylic acids is 2. The first-order valence-corrected chi connectivity index (χ1v) is 6.86. The topological polar surface area (TPSA) is 58.2 Å². The summed E-state index contributed by atoms with van der Waals surface area (Å²) in [6.45, 7) is 7.36. The lowest BCUT2D eigenvalue weighted by Gasteiger charge is -2.18. The number of amides is 2. The van der Waals surface area contributed by atoms with Crippen molar-refractivity contribution in [3.05, 3.63) is 35.7 Å². The summed E-state index contributed by atoms with van der Waals surface area (Å²) in [6.07, 6.45) is 0.579. The van der Waals surface area contributed by atoms with Gasteiger partial charge < -0.3 is 10.6 Å². The Morgan fingerprint density at radius 3 is 2.32 bits per heavy atom. The fourth-order valence-electron chi connectivity index (χ4n) is 1.60. The van der Waals surface area contributed by atoms with Crippen LogP contribution in [-0.4, -0.2) is 17.9 Å². The van der Waals surface area contributed by atoms with Gasteiger partial charge in [0, 0.05) is 17.1 Å². The first kappa shape index (κ1) is 15.7. The SMILES string of the molecule is [CH2]C(=O)[C@H](CC(C)C)NC(=O)Nc1ccc(Br)cc1. The molecule has 1 aromatic carbocycles. The van der Waals surface area contributed by atoms with Crippen molar-refractivity contribution in [3.63, 3.8) is 0 Å². The summed E-state index contributed by atoms with van der Waals surface area (Å²) in [4.78, 5) is 23.1. The van der Waals surface area contributed by atoms with Crippen LogP contribution in [0.25, 0.3) is 0 Å². The molecule has 0 unspecified atom stereocenters. The van der Waals surface area contributed by atoms with E-state index in [2.05, 4.69) is 33.5 Å². The largest absolute Gasteiger partial charge is 0.328 e. The van der Waals surface area contributed by atoms with Gasteiger partial charge in [-0.25, -0.2) is 4.79 Å². The predicted molar refractivity (Wildman–Crippen MR) is 79.9 cm³/mol. The molecular formula is C14H18BrN2O2. The van der Waals surface area contributed by atoms with Gasteiger partial charge in [-0.05, 0) is 36.6 Å². The number of urea groups is 1. The maximum atomic E-state index is 11.8. The molecule has 0 fully saturated rings. The minimum Gasteiger partial charge on any atom is -0.328 e. The third kappa shape index (κ3) is 5.87. The zero-order valence-electron chi connectivity index (χ0n) is 11.1. The summed E-state index contributed by atoms with van der Waals surface area (Å²) in [6, 6.07) is 6.25. The average molecular weight is 326 g/mol. The standard InChI is InChI=1S/C14H18BrN2O2/c1-9(2)8-13(10(3)18)17-14(19)16-12-6-4-11(15)5-7-12/h4-7,9,13H,3,8H2,1-2H3,(H2,16,17,19)/t13-/m0/s1. The fraction of sp³-hybridized carbons (Fsp3) is 0.357. The average Bonchev–Trinajstić information content (AvgIpc) is 2.30. The minimum atomic E-state index is -0.546. The van der Waals surface area contributed by atoms with Crippen LogP contribution in [0.1, 0.15) is 20.3 Å². The summed E-state index contributed by atoms with van der Waals surface area (Å²) in [5.74, 6) is 0.0309. The Bertz CT molecular complexity index is 443. The molecule has 0 aliphatic heterocycles. The Kier molecular flexibility index (Phi) is 6.02. The molecule has 0 heterocycles. The van der Waals surface area contributed by atoms with Gasteiger partial charge in [-0.3, -0.25) is 4.79 Å². The fourth-order valence-corrected chi connectivity index (χ4v) is 1.87. The van der Waals surface area contributed by atoms with Crippen LogP contribution in [0.3, 0.4) is 0 Å². The summed E-state index contributed by atoms with van der Waals surface area (Å²) in [5.41, 5.74) is 0.667. The quantitative estimate of drug-likeness (QED) is 0.871. The number of ketones is 1. The highest BCUT2D eigenvalue weighted by Crippen LogP contribution is 2.14. The molecule has 0 saturated carbocycles. The van der Waals surface area contributed by atoms with Gasteiger partial charge in [0.05, 0.1) is 6.04 Å². The summed E-state index contributed by atoms with van der Waals surface area (Å²) in [5, 5.41) is 5.31. The maximum absolute atomic E-state index is 11.8. The van der Waals surface area contributed by atoms with Gasteiger partial charge >= 0.3 is 6.03 Å². The molecule has 4 nitrogen and oxygen atoms in total. The smallest absolute Gasteiger partial charge is 0.319 e. The number of hydrogen-bond donors (Lipinski definition) is 2. The van der Waals surface area contributed by atoms with E-state index in [1.807, 2.05) is 26.0 Å². The number of halogens is 1. The van der Waals surface area contributed by atoms with Crippen molar-refractivity contribution in [3.8, 4) is 0 Å². The van der Waals surface area contributed by atoms with E-state index in [4.69, 9.17) is 0 Å². The summed E-state index contributed by atoms with van der Waals surface area (Å²) < 4.78 is 0.934. The van der Waals surface area contributed by atoms with E-state index in [9.17, 15) is 9.59 Å². The van der Waals surface area contributed by atoms with Crippen molar-refractivity contribution in [2.75, 3.05) is 5.32 Å². The Balaban J connectivity index is 2.57. The molecule has 1 radical (unpaired) electrons. The monoisotopic (exact) mass is 325 g/mol. The van der Waals surface area contributed by atoms with Gasteiger partial charge in [-0.1, -0.05) is 29.8 Å². The molecule has 2 amide bonds. The number of anilines is 1. The lowest BCUT2D eigenvalue weighted by Crippen LogP contribution is -2.42. The minimum absolute atomic E-state index is 0.278. The highest BCUT2D eigenvalue weighted by Gasteiger charge is 2.18. The first-order chi connectivity index (χ1) is 8.88. The molecule has 2 N–H and O–H groups in total. The van der Waals surface area contributed by atoms with Crippen molar-refractivity contribution in [1.29, 1.82) is 0 Å². The van der Waals surface area contributed by atoms with Crippen LogP contribution in [-0.2, 0) is 4.79 Å². The van der Waals surface area contributed by atoms with Crippen molar-refractivity contribution in [2.45, 2.75) is 26.3 Å². The van der Waals surface area contributed by atoms with E-state index in [0.717, 1.165) is 4.47 Å². The zero-order valence-corrected chi connectivity index (χ0v) is 12.7. The van der Waals surface area contributed by atoms with Crippen LogP contribution >= 0.6 is 15.9 Å². The third-order valence-electron chi connectivity index (χ3n) is 2.50. The molecule has 103 valence electrons. The predicted octanol–water partition coefficient (Wildman–Crippen LogP) is 3.39. The molecule has 0 spiro atoms. The van der Waals surface area contributed by atoms with Crippen LogP contribution < -0.4 is 10.6 Å². The van der Waals surface area contributed by atoms with Crippen LogP contribution in [0.5, 0.6) is 0 Å². The van der Waals surface area contributed by atoms with Crippen molar-refractivity contribution in [2.24, 2.45) is 5.92 Å². The van der Waals surface area contributed by atoms with Crippen molar-refractivity contribution >= 4 is 33.4 Å². The van der Waals surface area contributed by atoms with Gasteiger partial charge in [0.2, 0.25) is 0 Å². The number of benzene rings is 1. The molecule has 0 bridgehead atoms. The zero-order chi connectivity index (χ0) is 14.4. The van der Waals surface area contributed by atoms with Gasteiger partial charge in [0.25, 0.3) is 0 Å². The van der Waals surface area contributed by atoms with E-state index in [1.165, 1.54) is 0 Å². The first-order valence-electron chi connectivity index (χ1n) is 6.07. The van der Waals surface area contributed by atoms with Gasteiger partial charge in [0.15, 0.2) is 5.78 Å². The molecular weight excluding hydrogens is 308 g/mol. The Morgan fingerprint density at radius 2 is 1.84 bits per heavy atom. The Labute approximate surface area is 122 Å². The number of carbonyl (C=O) groups is 2. The van der Waals surface area contributed by atoms with E-state index < -0.39 is 12.1 Å². The Morgan fingerprint density at radius 1 is 1.26 bits per heavy atom. The third-order valence-corrected chi connectivity index (χ3v) is 3.03. The molecule has 0 aromatic heterocycles. The van der Waals surface area contributed by atoms with Crippen LogP contribution in [0, 0.1) is 12.8 Å². The Hall–Kier alpha value is -1.36. The maximum Gasteiger partial charge on any atom is 0.319 e. The number of rotatable bonds is 5. The normalized spacial score (nSPS) is 12.1. The molecule has 0 aliphatic carbocycles. The number of Topliss-reactive ketones (excluding diaryl/α,β-unsaturated/α-hetero) is 1. The van der Waals surface area contributed by atoms with Crippen LogP contribution in [0.2, 0.25) is 0 Å². The lowest BCUT2D eigenvalue weighted by atomic mass is 10.0. The number of hydrogen-bond acceptors (Lipinski definition) is 2. The van der Waals surface area contributed by atoms with Gasteiger partial charge in [-0.2, -0.15) is 0 Å². The molecule has 1 rings (SSSR count). The van der Waals surface area contributed by atoms with Gasteiger partial charge in [0.1, 0.15) is 0 Å². The van der Waals surface area contributed by atoms with E-state index in [-0.39, 0.29) is 5.78 Å². The van der Waals surface area contributed by atoms with E-state index >= 15 is 0 Å². The van der Waals surface area contributed by atoms with Crippen molar-refractivity contribution < 1.29 is 9.59 Å². The molecule has 0 saturated heterocycles. The molecule has 5 heteroatoms. The molecule has 1 aromatic rings. The lowest BCUT2D eigenvalue weighted by molar-refractivity contribution is -0.116. The van der Waals surface area contributed by atoms with Gasteiger partial charge in [-0.15, -0.1) is 0 Å².